The Balaban J connectivity index is 0.000000274. The van der Waals surface area contributed by atoms with Crippen molar-refractivity contribution in [1.29, 1.82) is 0 Å². The van der Waals surface area contributed by atoms with E-state index in [0.717, 1.165) is 131 Å². The summed E-state index contributed by atoms with van der Waals surface area (Å²) in [6.45, 7) is 5.86. The van der Waals surface area contributed by atoms with Crippen molar-refractivity contribution >= 4 is 47.1 Å². The Hall–Kier alpha value is -12.9. The maximum absolute atomic E-state index is 13.2. The van der Waals surface area contributed by atoms with Crippen molar-refractivity contribution in [1.82, 2.24) is 0 Å². The fourth-order valence-corrected chi connectivity index (χ4v) is 21.2. The Morgan fingerprint density at radius 1 is 0.271 bits per heavy atom. The highest BCUT2D eigenvalue weighted by Crippen LogP contribution is 2.56. The molecule has 784 valence electrons. The summed E-state index contributed by atoms with van der Waals surface area (Å²) in [5, 5.41) is -0.756. The van der Waals surface area contributed by atoms with Crippen LogP contribution in [0.4, 0.5) is 0 Å². The number of benzene rings is 8. The number of methoxy groups -OCH3 is 22. The fourth-order valence-electron chi connectivity index (χ4n) is 20.9. The van der Waals surface area contributed by atoms with Crippen molar-refractivity contribution in [3.63, 3.8) is 0 Å². The summed E-state index contributed by atoms with van der Waals surface area (Å²) in [5.41, 5.74) is 12.4. The second kappa shape index (κ2) is 50.6. The van der Waals surface area contributed by atoms with Gasteiger partial charge in [-0.05, 0) is 118 Å². The Bertz CT molecular complexity index is 5810. The third-order valence-corrected chi connectivity index (χ3v) is 28.7. The van der Waals surface area contributed by atoms with Gasteiger partial charge in [0, 0.05) is 98.6 Å². The van der Waals surface area contributed by atoms with Crippen molar-refractivity contribution in [2.75, 3.05) is 263 Å². The summed E-state index contributed by atoms with van der Waals surface area (Å²) in [7, 11) is 43.9. The minimum Gasteiger partial charge on any atom is -0.493 e. The summed E-state index contributed by atoms with van der Waals surface area (Å²) in [6.07, 6.45) is 8.07. The van der Waals surface area contributed by atoms with Gasteiger partial charge in [-0.2, -0.15) is 0 Å². The number of quaternary nitrogens is 4. The first-order valence-corrected chi connectivity index (χ1v) is 48.2. The molecule has 8 atom stereocenters. The van der Waals surface area contributed by atoms with E-state index in [1.165, 1.54) is 0 Å². The monoisotopic (exact) mass is 2040 g/mol. The summed E-state index contributed by atoms with van der Waals surface area (Å²) < 4.78 is 151. The van der Waals surface area contributed by atoms with Crippen LogP contribution in [-0.4, -0.2) is 305 Å². The molecule has 0 saturated carbocycles. The number of carbonyl (C=O) groups is 4. The third kappa shape index (κ3) is 24.3. The fraction of sp³-hybridized carbons (Fsp3) is 0.481. The van der Waals surface area contributed by atoms with Crippen LogP contribution in [0.2, 0.25) is 0 Å². The highest BCUT2D eigenvalue weighted by Gasteiger charge is 2.48. The van der Waals surface area contributed by atoms with E-state index in [-0.39, 0.29) is 60.7 Å². The number of carbonyl (C=O) groups excluding carboxylic acids is 4. The minimum absolute atomic E-state index is 0.0595. The van der Waals surface area contributed by atoms with E-state index in [0.29, 0.717) is 209 Å². The summed E-state index contributed by atoms with van der Waals surface area (Å²) in [4.78, 5) is 52.5. The lowest BCUT2D eigenvalue weighted by atomic mass is 9.85. The molecule has 0 aromatic heterocycles. The van der Waals surface area contributed by atoms with Gasteiger partial charge in [-0.1, -0.05) is 23.2 Å². The van der Waals surface area contributed by atoms with Crippen molar-refractivity contribution in [2.45, 2.75) is 88.4 Å². The lowest BCUT2D eigenvalue weighted by molar-refractivity contribution is -0.941. The zero-order valence-electron chi connectivity index (χ0n) is 87.9. The molecule has 36 heteroatoms. The molecule has 0 N–H and O–H groups in total. The molecule has 0 radical (unpaired) electrons. The zero-order chi connectivity index (χ0) is 105. The first-order chi connectivity index (χ1) is 69.3. The van der Waals surface area contributed by atoms with E-state index in [1.54, 1.807) is 156 Å². The second-order valence-electron chi connectivity index (χ2n) is 36.2. The molecule has 0 fully saturated rings. The van der Waals surface area contributed by atoms with Crippen LogP contribution >= 0.6 is 23.2 Å². The Kier molecular flexibility index (Phi) is 39.2. The van der Waals surface area contributed by atoms with Gasteiger partial charge < -0.3 is 141 Å². The van der Waals surface area contributed by atoms with Gasteiger partial charge in [0.15, 0.2) is 92.0 Å². The smallest absolute Gasteiger partial charge is 0.350 e. The van der Waals surface area contributed by atoms with Gasteiger partial charge in [-0.25, -0.2) is 19.2 Å². The molecule has 144 heavy (non-hydrogen) atoms. The summed E-state index contributed by atoms with van der Waals surface area (Å²) >= 11 is 12.8. The van der Waals surface area contributed by atoms with Crippen LogP contribution in [0.5, 0.6) is 126 Å². The lowest BCUT2D eigenvalue weighted by Crippen LogP contribution is -2.53. The van der Waals surface area contributed by atoms with Gasteiger partial charge in [0.2, 0.25) is 34.5 Å². The number of likely N-dealkylation sites (N-methyl/N-ethyl adjacent to an activating group) is 4. The van der Waals surface area contributed by atoms with Crippen LogP contribution in [0.1, 0.15) is 117 Å². The van der Waals surface area contributed by atoms with Crippen LogP contribution in [0.3, 0.4) is 0 Å². The molecule has 0 bridgehead atoms. The first kappa shape index (κ1) is 111. The molecule has 34 nitrogen and oxygen atoms in total. The zero-order valence-corrected chi connectivity index (χ0v) is 89.4. The number of ether oxygens (including phenoxy) is 26. The third-order valence-electron chi connectivity index (χ3n) is 28.2. The van der Waals surface area contributed by atoms with Crippen LogP contribution in [0.25, 0.3) is 0 Å². The molecular formula is C108H142Cl2N4O30+4. The van der Waals surface area contributed by atoms with Gasteiger partial charge in [0.1, 0.15) is 34.2 Å². The Morgan fingerprint density at radius 2 is 0.500 bits per heavy atom. The Morgan fingerprint density at radius 3 is 0.771 bits per heavy atom. The van der Waals surface area contributed by atoms with Gasteiger partial charge in [0.25, 0.3) is 0 Å². The molecule has 12 rings (SSSR count). The molecule has 8 aromatic rings. The first-order valence-electron chi connectivity index (χ1n) is 47.4. The van der Waals surface area contributed by atoms with E-state index in [1.807, 2.05) is 84.9 Å². The van der Waals surface area contributed by atoms with E-state index < -0.39 is 23.9 Å². The molecule has 0 saturated heterocycles. The number of halogens is 2. The number of nitrogens with zero attached hydrogens (tertiary/aromatic N) is 4. The maximum atomic E-state index is 13.2. The van der Waals surface area contributed by atoms with Crippen LogP contribution in [0.15, 0.2) is 107 Å². The van der Waals surface area contributed by atoms with Crippen molar-refractivity contribution in [2.24, 2.45) is 0 Å². The van der Waals surface area contributed by atoms with Crippen LogP contribution in [0, 0.1) is 0 Å². The topological polar surface area (TPSA) is 308 Å². The van der Waals surface area contributed by atoms with Gasteiger partial charge >= 0.3 is 23.9 Å². The number of hydrogen-bond donors (Lipinski definition) is 0. The minimum atomic E-state index is -0.821. The van der Waals surface area contributed by atoms with Crippen molar-refractivity contribution in [3.05, 3.63) is 174 Å². The molecule has 0 unspecified atom stereocenters. The predicted octanol–water partition coefficient (Wildman–Crippen LogP) is 15.7. The van der Waals surface area contributed by atoms with Crippen molar-refractivity contribution in [3.8, 4) is 126 Å². The normalized spacial score (nSPS) is 19.2. The number of hydrogen-bond acceptors (Lipinski definition) is 30. The summed E-state index contributed by atoms with van der Waals surface area (Å²) in [6, 6.07) is 27.2. The molecule has 4 aliphatic rings. The van der Waals surface area contributed by atoms with Crippen molar-refractivity contribution < 1.29 is 160 Å². The van der Waals surface area contributed by atoms with E-state index in [9.17, 15) is 19.2 Å². The highest BCUT2D eigenvalue weighted by molar-refractivity contribution is 6.42. The number of rotatable bonds is 48. The largest absolute Gasteiger partial charge is 0.493 e. The average molecular weight is 2050 g/mol. The average Bonchev–Trinajstić information content (AvgIpc) is 0.750. The van der Waals surface area contributed by atoms with E-state index in [4.69, 9.17) is 146 Å². The molecule has 0 aliphatic carbocycles. The molecule has 8 aromatic carbocycles. The standard InChI is InChI=1S/2C54H71ClN2O15/c1-56(20-17-35-28-46(66-9)52(69-12)53(70-13)48(35)39(56)24-33-25-42(62-5)50(67-10)43(26-33)63-6)18-14-23-72-54(59)38(55)32-47(58)71-22-15-19-57(2)21-16-34-27-40(60-3)41(61-4)31-37(34)49(57)36-29-44(64-7)51(68-11)45(30-36)65-8;1-56(20-17-35-28-46(66-9)52(69-12)53(70-13)48(35)39(56)24-33-25-42(62-5)50(67-10)43(26-33)63-6)18-14-22-71-47(58)32-38(55)54(59)72-23-15-19-57(2)21-16-34-27-40(60-3)41(61-4)31-37(34)49(57)36-29-44(64-7)51(68-11)45(30-36)65-8/h2*25-32,39,49H,14-24H2,1-13H3/q2*+2/b2*38-32-/t2*39-,49+,56-,57+/m11/s1. The lowest BCUT2D eigenvalue weighted by Gasteiger charge is -2.46. The maximum Gasteiger partial charge on any atom is 0.350 e. The summed E-state index contributed by atoms with van der Waals surface area (Å²) in [5.74, 6) is 9.07. The van der Waals surface area contributed by atoms with Gasteiger partial charge in [-0.15, -0.1) is 0 Å². The molecule has 0 spiro atoms. The predicted molar refractivity (Wildman–Crippen MR) is 541 cm³/mol. The molecular weight excluding hydrogens is 1900 g/mol. The van der Waals surface area contributed by atoms with Gasteiger partial charge in [-0.3, -0.25) is 0 Å². The quantitative estimate of drug-likeness (QED) is 0.0112. The number of esters is 4. The molecule has 4 aliphatic heterocycles. The Labute approximate surface area is 854 Å². The van der Waals surface area contributed by atoms with E-state index >= 15 is 0 Å². The van der Waals surface area contributed by atoms with E-state index in [2.05, 4.69) is 28.2 Å². The van der Waals surface area contributed by atoms with Gasteiger partial charge in [0.05, 0.1) is 275 Å². The highest BCUT2D eigenvalue weighted by atomic mass is 35.5. The molecule has 4 heterocycles. The molecule has 0 amide bonds. The van der Waals surface area contributed by atoms with Crippen LogP contribution < -0.4 is 104 Å². The number of fused-ring (bicyclic) bond motifs is 4. The SMILES string of the molecule is COc1cc2c(cc1OC)[C@H](c1cc(OC)c(OC)c(OC)c1)[N@@+](C)(CCCOC(=O)/C(Cl)=C/C(=O)OCCC[N@+]1(C)CCc3cc(OC)c(OC)c(OC)c3[C@H]1Cc1cc(OC)c(OC)c(OC)c1)CC2.COc1cc2c(cc1OC)[C@H](c1cc(OC)c(OC)c(OC)c1)[N@@+](C)(CCCOC(=O)/C=C(\Cl)C(=O)OCCC[N@+]1(C)CCc3cc(OC)c(OC)c(OC)c3[C@H]1Cc1cc(OC)c(OC)c(OC)c1)CC2. The van der Waals surface area contributed by atoms with Crippen LogP contribution in [-0.2, 0) is 76.7 Å². The second-order valence-corrected chi connectivity index (χ2v) is 37.0.